The molecule has 0 bridgehead atoms. The summed E-state index contributed by atoms with van der Waals surface area (Å²) >= 11 is 0. The monoisotopic (exact) mass is 242 g/mol. The van der Waals surface area contributed by atoms with Crippen LogP contribution in [0, 0.1) is 0 Å². The lowest BCUT2D eigenvalue weighted by molar-refractivity contribution is -0.123. The lowest BCUT2D eigenvalue weighted by Gasteiger charge is -2.20. The maximum atomic E-state index is 11.9. The zero-order valence-corrected chi connectivity index (χ0v) is 11.8. The molecule has 102 valence electrons. The summed E-state index contributed by atoms with van der Waals surface area (Å²) in [5.41, 5.74) is 5.86. The van der Waals surface area contributed by atoms with E-state index in [9.17, 15) is 4.79 Å². The summed E-state index contributed by atoms with van der Waals surface area (Å²) in [4.78, 5) is 11.9. The van der Waals surface area contributed by atoms with Gasteiger partial charge < -0.3 is 11.1 Å². The molecule has 0 rings (SSSR count). The molecule has 0 saturated heterocycles. The Balaban J connectivity index is 4.00. The maximum Gasteiger partial charge on any atom is 0.237 e. The predicted octanol–water partition coefficient (Wildman–Crippen LogP) is 2.98. The Labute approximate surface area is 107 Å². The van der Waals surface area contributed by atoms with Gasteiger partial charge in [-0.1, -0.05) is 52.9 Å². The average Bonchev–Trinajstić information content (AvgIpc) is 2.33. The maximum absolute atomic E-state index is 11.9. The molecular formula is C14H30N2O. The van der Waals surface area contributed by atoms with Crippen molar-refractivity contribution in [3.05, 3.63) is 0 Å². The quantitative estimate of drug-likeness (QED) is 0.619. The number of carbonyl (C=O) groups excluding carboxylic acids is 1. The Kier molecular flexibility index (Phi) is 10.2. The predicted molar refractivity (Wildman–Crippen MR) is 73.9 cm³/mol. The Morgan fingerprint density at radius 2 is 1.59 bits per heavy atom. The van der Waals surface area contributed by atoms with Gasteiger partial charge in [-0.2, -0.15) is 0 Å². The first-order valence-corrected chi connectivity index (χ1v) is 7.21. The SMILES string of the molecule is CCCCC(CCC)NC(=O)[C@@H](N)CCCC. The van der Waals surface area contributed by atoms with E-state index in [0.29, 0.717) is 6.04 Å². The lowest BCUT2D eigenvalue weighted by atomic mass is 10.0. The molecule has 0 spiro atoms. The van der Waals surface area contributed by atoms with E-state index >= 15 is 0 Å². The number of nitrogens with two attached hydrogens (primary N) is 1. The zero-order chi connectivity index (χ0) is 13.1. The van der Waals surface area contributed by atoms with E-state index in [-0.39, 0.29) is 11.9 Å². The van der Waals surface area contributed by atoms with Gasteiger partial charge in [0.15, 0.2) is 0 Å². The van der Waals surface area contributed by atoms with Crippen LogP contribution < -0.4 is 11.1 Å². The van der Waals surface area contributed by atoms with Crippen LogP contribution in [-0.4, -0.2) is 18.0 Å². The van der Waals surface area contributed by atoms with E-state index in [1.807, 2.05) is 0 Å². The van der Waals surface area contributed by atoms with Gasteiger partial charge >= 0.3 is 0 Å². The summed E-state index contributed by atoms with van der Waals surface area (Å²) in [5.74, 6) is 0.0352. The summed E-state index contributed by atoms with van der Waals surface area (Å²) in [5, 5.41) is 3.10. The fraction of sp³-hybridized carbons (Fsp3) is 0.929. The Morgan fingerprint density at radius 3 is 2.12 bits per heavy atom. The molecule has 1 amide bonds. The van der Waals surface area contributed by atoms with Crippen molar-refractivity contribution in [1.82, 2.24) is 5.32 Å². The third-order valence-electron chi connectivity index (χ3n) is 3.10. The van der Waals surface area contributed by atoms with Crippen molar-refractivity contribution in [2.45, 2.75) is 84.2 Å². The van der Waals surface area contributed by atoms with Crippen LogP contribution in [0.4, 0.5) is 0 Å². The van der Waals surface area contributed by atoms with Crippen LogP contribution in [0.2, 0.25) is 0 Å². The highest BCUT2D eigenvalue weighted by molar-refractivity contribution is 5.81. The van der Waals surface area contributed by atoms with Crippen molar-refractivity contribution >= 4 is 5.91 Å². The second-order valence-corrected chi connectivity index (χ2v) is 4.89. The lowest BCUT2D eigenvalue weighted by Crippen LogP contribution is -2.45. The molecule has 3 nitrogen and oxygen atoms in total. The number of amides is 1. The van der Waals surface area contributed by atoms with Crippen molar-refractivity contribution in [3.63, 3.8) is 0 Å². The van der Waals surface area contributed by atoms with E-state index in [0.717, 1.165) is 38.5 Å². The highest BCUT2D eigenvalue weighted by Crippen LogP contribution is 2.07. The smallest absolute Gasteiger partial charge is 0.237 e. The second kappa shape index (κ2) is 10.6. The molecule has 1 unspecified atom stereocenters. The van der Waals surface area contributed by atoms with Crippen molar-refractivity contribution in [3.8, 4) is 0 Å². The van der Waals surface area contributed by atoms with Gasteiger partial charge in [-0.15, -0.1) is 0 Å². The molecule has 0 fully saturated rings. The highest BCUT2D eigenvalue weighted by Gasteiger charge is 2.16. The third-order valence-corrected chi connectivity index (χ3v) is 3.10. The van der Waals surface area contributed by atoms with Crippen LogP contribution in [0.5, 0.6) is 0 Å². The Morgan fingerprint density at radius 1 is 1.00 bits per heavy atom. The molecule has 0 aromatic carbocycles. The van der Waals surface area contributed by atoms with Gasteiger partial charge in [-0.05, 0) is 19.3 Å². The van der Waals surface area contributed by atoms with Crippen LogP contribution >= 0.6 is 0 Å². The highest BCUT2D eigenvalue weighted by atomic mass is 16.2. The van der Waals surface area contributed by atoms with Gasteiger partial charge in [-0.25, -0.2) is 0 Å². The first-order valence-electron chi connectivity index (χ1n) is 7.21. The summed E-state index contributed by atoms with van der Waals surface area (Å²) in [6, 6.07) is -0.00365. The minimum absolute atomic E-state index is 0.0352. The van der Waals surface area contributed by atoms with E-state index in [1.165, 1.54) is 12.8 Å². The molecule has 3 N–H and O–H groups in total. The molecule has 0 aromatic heterocycles. The molecule has 0 aromatic rings. The average molecular weight is 242 g/mol. The largest absolute Gasteiger partial charge is 0.352 e. The minimum Gasteiger partial charge on any atom is -0.352 e. The Bertz CT molecular complexity index is 195. The van der Waals surface area contributed by atoms with Crippen molar-refractivity contribution in [2.75, 3.05) is 0 Å². The first kappa shape index (κ1) is 16.4. The van der Waals surface area contributed by atoms with Crippen molar-refractivity contribution in [2.24, 2.45) is 5.73 Å². The summed E-state index contributed by atoms with van der Waals surface area (Å²) in [7, 11) is 0. The fourth-order valence-corrected chi connectivity index (χ4v) is 1.95. The molecule has 0 aliphatic heterocycles. The van der Waals surface area contributed by atoms with Crippen LogP contribution in [0.3, 0.4) is 0 Å². The van der Waals surface area contributed by atoms with E-state index in [1.54, 1.807) is 0 Å². The summed E-state index contributed by atoms with van der Waals surface area (Å²) < 4.78 is 0. The number of rotatable bonds is 10. The van der Waals surface area contributed by atoms with Gasteiger partial charge in [0.05, 0.1) is 6.04 Å². The molecule has 2 atom stereocenters. The molecular weight excluding hydrogens is 212 g/mol. The van der Waals surface area contributed by atoms with Gasteiger partial charge in [0, 0.05) is 6.04 Å². The Hall–Kier alpha value is -0.570. The number of unbranched alkanes of at least 4 members (excludes halogenated alkanes) is 2. The van der Waals surface area contributed by atoms with E-state index in [4.69, 9.17) is 5.73 Å². The normalized spacial score (nSPS) is 14.4. The fourth-order valence-electron chi connectivity index (χ4n) is 1.95. The molecule has 0 saturated carbocycles. The van der Waals surface area contributed by atoms with Crippen molar-refractivity contribution < 1.29 is 4.79 Å². The first-order chi connectivity index (χ1) is 8.15. The van der Waals surface area contributed by atoms with E-state index in [2.05, 4.69) is 26.1 Å². The molecule has 3 heteroatoms. The van der Waals surface area contributed by atoms with Gasteiger partial charge in [0.1, 0.15) is 0 Å². The molecule has 17 heavy (non-hydrogen) atoms. The molecule has 0 radical (unpaired) electrons. The van der Waals surface area contributed by atoms with Gasteiger partial charge in [-0.3, -0.25) is 4.79 Å². The van der Waals surface area contributed by atoms with E-state index < -0.39 is 0 Å². The van der Waals surface area contributed by atoms with Crippen LogP contribution in [0.1, 0.15) is 72.1 Å². The number of hydrogen-bond donors (Lipinski definition) is 2. The molecule has 0 aliphatic rings. The molecule has 0 aliphatic carbocycles. The number of carbonyl (C=O) groups is 1. The third kappa shape index (κ3) is 8.19. The zero-order valence-electron chi connectivity index (χ0n) is 11.8. The number of nitrogens with one attached hydrogen (secondary N) is 1. The topological polar surface area (TPSA) is 55.1 Å². The number of hydrogen-bond acceptors (Lipinski definition) is 2. The summed E-state index contributed by atoms with van der Waals surface area (Å²) in [6.45, 7) is 6.45. The van der Waals surface area contributed by atoms with Crippen LogP contribution in [-0.2, 0) is 4.79 Å². The van der Waals surface area contributed by atoms with Gasteiger partial charge in [0.25, 0.3) is 0 Å². The van der Waals surface area contributed by atoms with Crippen molar-refractivity contribution in [1.29, 1.82) is 0 Å². The minimum atomic E-state index is -0.323. The standard InChI is InChI=1S/C14H30N2O/c1-4-7-10-12(9-6-3)16-14(17)13(15)11-8-5-2/h12-13H,4-11,15H2,1-3H3,(H,16,17)/t12?,13-/m0/s1. The van der Waals surface area contributed by atoms with Gasteiger partial charge in [0.2, 0.25) is 5.91 Å². The second-order valence-electron chi connectivity index (χ2n) is 4.89. The summed E-state index contributed by atoms with van der Waals surface area (Å²) in [6.07, 6.45) is 8.53. The van der Waals surface area contributed by atoms with Crippen LogP contribution in [0.25, 0.3) is 0 Å². The molecule has 0 heterocycles. The van der Waals surface area contributed by atoms with Crippen LogP contribution in [0.15, 0.2) is 0 Å².